The van der Waals surface area contributed by atoms with Crippen LogP contribution < -0.4 is 19.7 Å². The molecule has 156 valence electrons. The zero-order chi connectivity index (χ0) is 21.7. The highest BCUT2D eigenvalue weighted by molar-refractivity contribution is 14.1. The lowest BCUT2D eigenvalue weighted by molar-refractivity contribution is -0.143. The molecule has 1 heterocycles. The monoisotopic (exact) mass is 522 g/mol. The van der Waals surface area contributed by atoms with E-state index in [2.05, 4.69) is 32.6 Å². The van der Waals surface area contributed by atoms with Crippen molar-refractivity contribution in [3.63, 3.8) is 0 Å². The van der Waals surface area contributed by atoms with Gasteiger partial charge in [-0.1, -0.05) is 18.2 Å². The topological polar surface area (TPSA) is 94.2 Å². The predicted molar refractivity (Wildman–Crippen MR) is 118 cm³/mol. The molecule has 0 aliphatic carbocycles. The lowest BCUT2D eigenvalue weighted by atomic mass is 10.1. The van der Waals surface area contributed by atoms with Gasteiger partial charge >= 0.3 is 12.0 Å². The van der Waals surface area contributed by atoms with Crippen LogP contribution in [0.3, 0.4) is 0 Å². The molecule has 2 aromatic rings. The summed E-state index contributed by atoms with van der Waals surface area (Å²) in [6, 6.07) is 11.6. The molecule has 0 spiro atoms. The van der Waals surface area contributed by atoms with Gasteiger partial charge in [0.05, 0.1) is 23.0 Å². The number of benzene rings is 2. The van der Waals surface area contributed by atoms with Crippen molar-refractivity contribution in [1.29, 1.82) is 0 Å². The van der Waals surface area contributed by atoms with Crippen molar-refractivity contribution in [1.82, 2.24) is 5.32 Å². The van der Waals surface area contributed by atoms with E-state index in [1.807, 2.05) is 6.92 Å². The molecule has 0 atom stereocenters. The van der Waals surface area contributed by atoms with E-state index in [1.165, 1.54) is 7.11 Å². The molecule has 1 aliphatic heterocycles. The van der Waals surface area contributed by atoms with Gasteiger partial charge in [-0.15, -0.1) is 0 Å². The summed E-state index contributed by atoms with van der Waals surface area (Å²) < 4.78 is 16.4. The summed E-state index contributed by atoms with van der Waals surface area (Å²) in [6.45, 7) is 1.94. The molecule has 1 saturated heterocycles. The van der Waals surface area contributed by atoms with Gasteiger partial charge in [-0.2, -0.15) is 0 Å². The van der Waals surface area contributed by atoms with Crippen molar-refractivity contribution in [3.8, 4) is 11.5 Å². The van der Waals surface area contributed by atoms with E-state index in [1.54, 1.807) is 48.5 Å². The van der Waals surface area contributed by atoms with Crippen molar-refractivity contribution in [2.75, 3.05) is 25.2 Å². The summed E-state index contributed by atoms with van der Waals surface area (Å²) >= 11 is 2.05. The average molecular weight is 522 g/mol. The van der Waals surface area contributed by atoms with Crippen LogP contribution >= 0.6 is 22.6 Å². The Morgan fingerprint density at radius 3 is 2.57 bits per heavy atom. The van der Waals surface area contributed by atoms with Crippen LogP contribution in [0.25, 0.3) is 6.08 Å². The number of anilines is 1. The number of methoxy groups -OCH3 is 1. The third-order valence-corrected chi connectivity index (χ3v) is 4.90. The van der Waals surface area contributed by atoms with Crippen molar-refractivity contribution in [2.24, 2.45) is 0 Å². The van der Waals surface area contributed by atoms with E-state index in [0.29, 0.717) is 32.9 Å². The fourth-order valence-electron chi connectivity index (χ4n) is 2.78. The van der Waals surface area contributed by atoms with Crippen LogP contribution in [0.4, 0.5) is 10.5 Å². The summed E-state index contributed by atoms with van der Waals surface area (Å²) in [5.41, 5.74) is 1.26. The molecule has 0 bridgehead atoms. The number of rotatable bonds is 7. The van der Waals surface area contributed by atoms with E-state index in [9.17, 15) is 14.4 Å². The molecule has 3 rings (SSSR count). The van der Waals surface area contributed by atoms with Crippen molar-refractivity contribution in [2.45, 2.75) is 6.92 Å². The molecule has 0 radical (unpaired) electrons. The maximum Gasteiger partial charge on any atom is 0.343 e. The summed E-state index contributed by atoms with van der Waals surface area (Å²) in [7, 11) is 1.28. The maximum absolute atomic E-state index is 12.8. The minimum atomic E-state index is -0.518. The second-order valence-electron chi connectivity index (χ2n) is 6.09. The number of esters is 1. The van der Waals surface area contributed by atoms with Gasteiger partial charge in [0, 0.05) is 0 Å². The number of nitrogens with one attached hydrogen (secondary N) is 1. The Morgan fingerprint density at radius 2 is 1.90 bits per heavy atom. The highest BCUT2D eigenvalue weighted by Gasteiger charge is 2.34. The Kier molecular flexibility index (Phi) is 6.93. The Balaban J connectivity index is 1.90. The first-order valence-electron chi connectivity index (χ1n) is 9.02. The van der Waals surface area contributed by atoms with Gasteiger partial charge < -0.3 is 19.5 Å². The molecule has 1 fully saturated rings. The number of hydrogen-bond acceptors (Lipinski definition) is 6. The molecule has 2 aromatic carbocycles. The zero-order valence-electron chi connectivity index (χ0n) is 16.3. The first-order valence-corrected chi connectivity index (χ1v) is 10.1. The molecule has 1 N–H and O–H groups in total. The number of nitrogens with zero attached hydrogens (tertiary/aromatic N) is 1. The third kappa shape index (κ3) is 4.73. The summed E-state index contributed by atoms with van der Waals surface area (Å²) in [4.78, 5) is 37.5. The van der Waals surface area contributed by atoms with E-state index in [0.717, 1.165) is 4.90 Å². The SMILES string of the molecule is CCOc1cc(/C=C2/NC(=O)N(c3ccccc3)C2=O)cc(I)c1OCC(=O)OC. The lowest BCUT2D eigenvalue weighted by Crippen LogP contribution is -2.30. The van der Waals surface area contributed by atoms with E-state index in [-0.39, 0.29) is 12.3 Å². The zero-order valence-corrected chi connectivity index (χ0v) is 18.5. The predicted octanol–water partition coefficient (Wildman–Crippen LogP) is 3.34. The van der Waals surface area contributed by atoms with Crippen LogP contribution in [0.15, 0.2) is 48.2 Å². The van der Waals surface area contributed by atoms with Gasteiger partial charge in [0.2, 0.25) is 0 Å². The molecular weight excluding hydrogens is 503 g/mol. The number of para-hydroxylation sites is 1. The van der Waals surface area contributed by atoms with E-state index >= 15 is 0 Å². The first kappa shape index (κ1) is 21.6. The molecular formula is C21H19IN2O6. The van der Waals surface area contributed by atoms with Crippen LogP contribution in [-0.4, -0.2) is 38.2 Å². The normalized spacial score (nSPS) is 14.6. The summed E-state index contributed by atoms with van der Waals surface area (Å²) in [5.74, 6) is -0.153. The second kappa shape index (κ2) is 9.61. The van der Waals surface area contributed by atoms with E-state index < -0.39 is 17.9 Å². The second-order valence-corrected chi connectivity index (χ2v) is 7.25. The highest BCUT2D eigenvalue weighted by Crippen LogP contribution is 2.35. The average Bonchev–Trinajstić information content (AvgIpc) is 3.01. The minimum Gasteiger partial charge on any atom is -0.490 e. The molecule has 30 heavy (non-hydrogen) atoms. The fraction of sp³-hybridized carbons (Fsp3) is 0.190. The van der Waals surface area contributed by atoms with Gasteiger partial charge in [0.25, 0.3) is 5.91 Å². The summed E-state index contributed by atoms with van der Waals surface area (Å²) in [5, 5.41) is 2.60. The van der Waals surface area contributed by atoms with Crippen LogP contribution in [0, 0.1) is 3.57 Å². The third-order valence-electron chi connectivity index (χ3n) is 4.10. The first-order chi connectivity index (χ1) is 14.4. The lowest BCUT2D eigenvalue weighted by Gasteiger charge is -2.14. The smallest absolute Gasteiger partial charge is 0.343 e. The minimum absolute atomic E-state index is 0.144. The standard InChI is InChI=1S/C21H19IN2O6/c1-3-29-17-11-13(9-15(22)19(17)30-12-18(25)28-2)10-16-20(26)24(21(27)23-16)14-7-5-4-6-8-14/h4-11H,3,12H2,1-2H3,(H,23,27)/b16-10+. The largest absolute Gasteiger partial charge is 0.490 e. The molecule has 0 unspecified atom stereocenters. The van der Waals surface area contributed by atoms with Crippen molar-refractivity contribution >= 4 is 52.3 Å². The highest BCUT2D eigenvalue weighted by atomic mass is 127. The van der Waals surface area contributed by atoms with Gasteiger partial charge in [-0.3, -0.25) is 4.79 Å². The number of carbonyl (C=O) groups excluding carboxylic acids is 3. The Labute approximate surface area is 186 Å². The number of urea groups is 1. The maximum atomic E-state index is 12.8. The summed E-state index contributed by atoms with van der Waals surface area (Å²) in [6.07, 6.45) is 1.57. The molecule has 1 aliphatic rings. The Bertz CT molecular complexity index is 1010. The van der Waals surface area contributed by atoms with Crippen LogP contribution in [0.2, 0.25) is 0 Å². The van der Waals surface area contributed by atoms with Crippen molar-refractivity contribution < 1.29 is 28.6 Å². The van der Waals surface area contributed by atoms with Crippen molar-refractivity contribution in [3.05, 3.63) is 57.3 Å². The Morgan fingerprint density at radius 1 is 1.17 bits per heavy atom. The molecule has 0 aromatic heterocycles. The van der Waals surface area contributed by atoms with Crippen LogP contribution in [-0.2, 0) is 14.3 Å². The quantitative estimate of drug-likeness (QED) is 0.260. The number of ether oxygens (including phenoxy) is 3. The molecule has 8 nitrogen and oxygen atoms in total. The van der Waals surface area contributed by atoms with Crippen LogP contribution in [0.1, 0.15) is 12.5 Å². The van der Waals surface area contributed by atoms with Gasteiger partial charge in [-0.25, -0.2) is 14.5 Å². The number of halogens is 1. The Hall–Kier alpha value is -3.08. The number of amides is 3. The fourth-order valence-corrected chi connectivity index (χ4v) is 3.56. The molecule has 3 amide bonds. The number of hydrogen-bond donors (Lipinski definition) is 1. The molecule has 0 saturated carbocycles. The van der Waals surface area contributed by atoms with Gasteiger partial charge in [-0.05, 0) is 65.4 Å². The van der Waals surface area contributed by atoms with Crippen LogP contribution in [0.5, 0.6) is 11.5 Å². The molecule has 9 heteroatoms. The van der Waals surface area contributed by atoms with Gasteiger partial charge in [0.1, 0.15) is 5.70 Å². The number of imide groups is 1. The van der Waals surface area contributed by atoms with E-state index in [4.69, 9.17) is 9.47 Å². The van der Waals surface area contributed by atoms with Gasteiger partial charge in [0.15, 0.2) is 18.1 Å². The number of carbonyl (C=O) groups is 3.